The maximum Gasteiger partial charge on any atom is 0.303 e. The molecule has 2 heterocycles. The van der Waals surface area contributed by atoms with E-state index in [4.69, 9.17) is 47.4 Å². The largest absolute Gasteiger partial charge is 0.463 e. The van der Waals surface area contributed by atoms with Crippen LogP contribution in [-0.4, -0.2) is 116 Å². The van der Waals surface area contributed by atoms with Crippen LogP contribution in [0.25, 0.3) is 0 Å². The minimum atomic E-state index is -1.60. The van der Waals surface area contributed by atoms with E-state index in [0.717, 1.165) is 60.2 Å². The lowest BCUT2D eigenvalue weighted by Gasteiger charge is -2.46. The van der Waals surface area contributed by atoms with Crippen molar-refractivity contribution in [1.29, 1.82) is 0 Å². The lowest BCUT2D eigenvalue weighted by atomic mass is 9.97. The minimum Gasteiger partial charge on any atom is -0.463 e. The Kier molecular flexibility index (Phi) is 15.0. The fourth-order valence-corrected chi connectivity index (χ4v) is 6.36. The van der Waals surface area contributed by atoms with Crippen molar-refractivity contribution >= 4 is 53.5 Å². The van der Waals surface area contributed by atoms with E-state index in [1.54, 1.807) is 30.3 Å². The number of rotatable bonds is 13. The molecule has 0 N–H and O–H groups in total. The molecule has 276 valence electrons. The third kappa shape index (κ3) is 12.0. The van der Waals surface area contributed by atoms with Crippen LogP contribution in [0.15, 0.2) is 35.2 Å². The highest BCUT2D eigenvalue weighted by Crippen LogP contribution is 2.38. The second-order valence-electron chi connectivity index (χ2n) is 11.1. The maximum atomic E-state index is 12.3. The van der Waals surface area contributed by atoms with Crippen LogP contribution in [0, 0.1) is 0 Å². The Morgan fingerprint density at radius 3 is 1.42 bits per heavy atom. The predicted octanol–water partition coefficient (Wildman–Crippen LogP) is 1.40. The number of ether oxygens (including phenoxy) is 10. The number of hydrogen-bond acceptors (Lipinski definition) is 18. The van der Waals surface area contributed by atoms with Gasteiger partial charge in [0.2, 0.25) is 0 Å². The van der Waals surface area contributed by atoms with Gasteiger partial charge in [-0.3, -0.25) is 33.6 Å². The first-order chi connectivity index (χ1) is 23.5. The fraction of sp³-hybridized carbons (Fsp3) is 0.594. The van der Waals surface area contributed by atoms with Crippen LogP contribution in [0.5, 0.6) is 0 Å². The van der Waals surface area contributed by atoms with E-state index in [9.17, 15) is 33.6 Å². The minimum absolute atomic E-state index is 0.498. The molecule has 17 nitrogen and oxygen atoms in total. The van der Waals surface area contributed by atoms with Crippen LogP contribution in [0.3, 0.4) is 0 Å². The summed E-state index contributed by atoms with van der Waals surface area (Å²) in [6, 6.07) is 8.85. The molecule has 2 fully saturated rings. The molecular weight excluding hydrogens is 688 g/mol. The third-order valence-corrected chi connectivity index (χ3v) is 8.02. The van der Waals surface area contributed by atoms with Gasteiger partial charge < -0.3 is 47.4 Å². The second kappa shape index (κ2) is 18.7. The topological polar surface area (TPSA) is 212 Å². The SMILES string of the molecule is CC(=O)OC[C@H]1O[C@@H](OC[C@H]2O[C@@H](Sc3ccccc3)[C@H](OC(C)=O)[C@@H](OC(C)=O)[C@@H]2OC(C)=O)[C@H](OC(C)=O)[C@@H](OC(C)=O)[C@H]1OC(C)=O. The number of thioether (sulfide) groups is 1. The molecule has 2 saturated heterocycles. The lowest BCUT2D eigenvalue weighted by molar-refractivity contribution is -0.317. The summed E-state index contributed by atoms with van der Waals surface area (Å²) in [6.45, 7) is 6.70. The van der Waals surface area contributed by atoms with Crippen molar-refractivity contribution in [2.75, 3.05) is 13.2 Å². The smallest absolute Gasteiger partial charge is 0.303 e. The highest BCUT2D eigenvalue weighted by Gasteiger charge is 2.55. The maximum absolute atomic E-state index is 12.3. The molecule has 0 radical (unpaired) electrons. The van der Waals surface area contributed by atoms with Gasteiger partial charge in [0, 0.05) is 53.4 Å². The van der Waals surface area contributed by atoms with E-state index < -0.39 is 116 Å². The molecule has 0 aliphatic carbocycles. The molecule has 1 aromatic rings. The molecule has 3 rings (SSSR count). The van der Waals surface area contributed by atoms with Crippen molar-refractivity contribution in [2.24, 2.45) is 0 Å². The Labute approximate surface area is 291 Å². The van der Waals surface area contributed by atoms with Crippen LogP contribution < -0.4 is 0 Å². The first-order valence-electron chi connectivity index (χ1n) is 15.4. The molecule has 0 bridgehead atoms. The summed E-state index contributed by atoms with van der Waals surface area (Å²) in [6.07, 6.45) is -12.7. The van der Waals surface area contributed by atoms with Gasteiger partial charge in [0.15, 0.2) is 42.9 Å². The zero-order chi connectivity index (χ0) is 37.1. The molecule has 50 heavy (non-hydrogen) atoms. The van der Waals surface area contributed by atoms with Gasteiger partial charge in [-0.2, -0.15) is 0 Å². The summed E-state index contributed by atoms with van der Waals surface area (Å²) in [5.74, 6) is -5.54. The number of esters is 7. The predicted molar refractivity (Wildman–Crippen MR) is 166 cm³/mol. The molecule has 0 saturated carbocycles. The summed E-state index contributed by atoms with van der Waals surface area (Å²) in [7, 11) is 0. The van der Waals surface area contributed by atoms with Gasteiger partial charge in [-0.25, -0.2) is 0 Å². The molecule has 0 amide bonds. The van der Waals surface area contributed by atoms with Crippen LogP contribution in [0.2, 0.25) is 0 Å². The van der Waals surface area contributed by atoms with Gasteiger partial charge in [0.25, 0.3) is 0 Å². The van der Waals surface area contributed by atoms with Crippen LogP contribution in [-0.2, 0) is 80.9 Å². The van der Waals surface area contributed by atoms with Crippen molar-refractivity contribution in [3.05, 3.63) is 30.3 Å². The van der Waals surface area contributed by atoms with E-state index in [1.165, 1.54) is 0 Å². The summed E-state index contributed by atoms with van der Waals surface area (Å²) in [5, 5.41) is 0. The molecule has 1 aromatic carbocycles. The first-order valence-corrected chi connectivity index (χ1v) is 16.2. The van der Waals surface area contributed by atoms with Crippen molar-refractivity contribution in [2.45, 2.75) is 114 Å². The summed E-state index contributed by atoms with van der Waals surface area (Å²) >= 11 is 1.12. The van der Waals surface area contributed by atoms with E-state index >= 15 is 0 Å². The molecule has 18 heteroatoms. The Hall–Kier alpha value is -4.26. The summed E-state index contributed by atoms with van der Waals surface area (Å²) in [4.78, 5) is 85.7. The monoisotopic (exact) mass is 728 g/mol. The number of carbonyl (C=O) groups excluding carboxylic acids is 7. The van der Waals surface area contributed by atoms with E-state index in [2.05, 4.69) is 0 Å². The van der Waals surface area contributed by atoms with Gasteiger partial charge in [0.05, 0.1) is 6.61 Å². The quantitative estimate of drug-likeness (QED) is 0.207. The highest BCUT2D eigenvalue weighted by atomic mass is 32.2. The van der Waals surface area contributed by atoms with E-state index in [1.807, 2.05) is 0 Å². The molecule has 0 unspecified atom stereocenters. The average molecular weight is 729 g/mol. The third-order valence-electron chi connectivity index (χ3n) is 6.87. The van der Waals surface area contributed by atoms with Crippen LogP contribution in [0.4, 0.5) is 0 Å². The van der Waals surface area contributed by atoms with Crippen molar-refractivity contribution in [3.8, 4) is 0 Å². The summed E-state index contributed by atoms with van der Waals surface area (Å²) < 4.78 is 56.4. The van der Waals surface area contributed by atoms with Gasteiger partial charge in [-0.05, 0) is 12.1 Å². The molecule has 0 aromatic heterocycles. The zero-order valence-corrected chi connectivity index (χ0v) is 29.2. The standard InChI is InChI=1S/C32H40O17S/c1-15(33)40-13-23-25(42-16(2)34)27(44-18(4)36)29(46-20(6)38)31(48-23)41-14-24-26(43-17(3)35)28(45-19(5)37)30(47-21(7)39)32(49-24)50-22-11-9-8-10-12-22/h8-12,23-32H,13-14H2,1-7H3/t23-,24-,25+,26-,27+,28+,29-,30-,31-,32+/m1/s1. The van der Waals surface area contributed by atoms with Gasteiger partial charge in [-0.1, -0.05) is 30.0 Å². The normalized spacial score (nSPS) is 29.0. The van der Waals surface area contributed by atoms with Crippen molar-refractivity contribution < 1.29 is 80.9 Å². The number of benzene rings is 1. The molecule has 2 aliphatic rings. The number of carbonyl (C=O) groups is 7. The van der Waals surface area contributed by atoms with Crippen LogP contribution >= 0.6 is 11.8 Å². The molecule has 0 spiro atoms. The van der Waals surface area contributed by atoms with Crippen molar-refractivity contribution in [1.82, 2.24) is 0 Å². The first kappa shape index (κ1) is 40.2. The Bertz CT molecular complexity index is 1390. The van der Waals surface area contributed by atoms with Gasteiger partial charge in [-0.15, -0.1) is 0 Å². The van der Waals surface area contributed by atoms with Gasteiger partial charge >= 0.3 is 41.8 Å². The second-order valence-corrected chi connectivity index (χ2v) is 12.3. The molecule has 10 atom stereocenters. The van der Waals surface area contributed by atoms with E-state index in [0.29, 0.717) is 4.90 Å². The van der Waals surface area contributed by atoms with Gasteiger partial charge in [0.1, 0.15) is 24.3 Å². The van der Waals surface area contributed by atoms with E-state index in [-0.39, 0.29) is 0 Å². The van der Waals surface area contributed by atoms with Crippen LogP contribution in [0.1, 0.15) is 48.5 Å². The fourth-order valence-electron chi connectivity index (χ4n) is 5.23. The molecular formula is C32H40O17S. The Morgan fingerprint density at radius 2 is 0.940 bits per heavy atom. The molecule has 2 aliphatic heterocycles. The lowest BCUT2D eigenvalue weighted by Crippen LogP contribution is -2.64. The summed E-state index contributed by atoms with van der Waals surface area (Å²) in [5.41, 5.74) is -1.05. The highest BCUT2D eigenvalue weighted by molar-refractivity contribution is 7.99. The number of hydrogen-bond donors (Lipinski definition) is 0. The Balaban J connectivity index is 2.05. The average Bonchev–Trinajstić information content (AvgIpc) is 3.00. The van der Waals surface area contributed by atoms with Crippen molar-refractivity contribution in [3.63, 3.8) is 0 Å². The Morgan fingerprint density at radius 1 is 0.520 bits per heavy atom. The zero-order valence-electron chi connectivity index (χ0n) is 28.4.